The predicted molar refractivity (Wildman–Crippen MR) is 79.9 cm³/mol. The number of hydrogen-bond acceptors (Lipinski definition) is 4. The first-order chi connectivity index (χ1) is 10.7. The summed E-state index contributed by atoms with van der Waals surface area (Å²) in [6.45, 7) is 0. The molecule has 0 saturated heterocycles. The summed E-state index contributed by atoms with van der Waals surface area (Å²) >= 11 is 0. The maximum Gasteiger partial charge on any atom is 0.339 e. The van der Waals surface area contributed by atoms with Crippen LogP contribution in [0.3, 0.4) is 0 Å². The minimum Gasteiger partial charge on any atom is -0.465 e. The second-order valence-corrected chi connectivity index (χ2v) is 5.95. The van der Waals surface area contributed by atoms with E-state index in [1.807, 2.05) is 6.07 Å². The summed E-state index contributed by atoms with van der Waals surface area (Å²) in [7, 11) is 2.66. The highest BCUT2D eigenvalue weighted by molar-refractivity contribution is 6.05. The molecule has 4 rings (SSSR count). The number of rotatable bonds is 2. The first kappa shape index (κ1) is 13.3. The van der Waals surface area contributed by atoms with E-state index in [1.54, 1.807) is 6.07 Å². The van der Waals surface area contributed by atoms with Crippen molar-refractivity contribution < 1.29 is 19.1 Å². The molecule has 22 heavy (non-hydrogen) atoms. The molecule has 1 aromatic rings. The molecule has 0 N–H and O–H groups in total. The van der Waals surface area contributed by atoms with Gasteiger partial charge in [0.05, 0.1) is 25.3 Å². The lowest BCUT2D eigenvalue weighted by Crippen LogP contribution is -2.16. The molecule has 3 aliphatic carbocycles. The predicted octanol–water partition coefficient (Wildman–Crippen LogP) is 2.81. The van der Waals surface area contributed by atoms with Crippen molar-refractivity contribution in [3.05, 3.63) is 58.7 Å². The van der Waals surface area contributed by atoms with Crippen molar-refractivity contribution in [3.8, 4) is 0 Å². The third-order valence-corrected chi connectivity index (χ3v) is 5.12. The number of fused-ring (bicyclic) bond motifs is 3. The molecule has 4 atom stereocenters. The average molecular weight is 296 g/mol. The number of carbonyl (C=O) groups is 2. The van der Waals surface area contributed by atoms with Gasteiger partial charge in [-0.15, -0.1) is 0 Å². The maximum atomic E-state index is 12.3. The largest absolute Gasteiger partial charge is 0.465 e. The lowest BCUT2D eigenvalue weighted by molar-refractivity contribution is 0.0554. The van der Waals surface area contributed by atoms with Gasteiger partial charge >= 0.3 is 11.9 Å². The lowest BCUT2D eigenvalue weighted by atomic mass is 9.87. The number of allylic oxidation sites excluding steroid dienone is 4. The van der Waals surface area contributed by atoms with Gasteiger partial charge in [-0.1, -0.05) is 30.4 Å². The molecule has 4 heteroatoms. The Kier molecular flexibility index (Phi) is 2.76. The number of hydrogen-bond donors (Lipinski definition) is 0. The van der Waals surface area contributed by atoms with Crippen LogP contribution in [-0.4, -0.2) is 26.2 Å². The highest BCUT2D eigenvalue weighted by atomic mass is 16.5. The van der Waals surface area contributed by atoms with Gasteiger partial charge in [0, 0.05) is 11.8 Å². The average Bonchev–Trinajstić information content (AvgIpc) is 3.21. The molecule has 4 nitrogen and oxygen atoms in total. The van der Waals surface area contributed by atoms with E-state index < -0.39 is 11.9 Å². The third kappa shape index (κ3) is 1.52. The first-order valence-corrected chi connectivity index (χ1v) is 7.37. The molecular formula is C18H16O4. The Morgan fingerprint density at radius 2 is 1.59 bits per heavy atom. The number of benzene rings is 1. The molecule has 0 amide bonds. The van der Waals surface area contributed by atoms with Crippen LogP contribution in [0.25, 0.3) is 0 Å². The van der Waals surface area contributed by atoms with E-state index in [2.05, 4.69) is 24.3 Å². The van der Waals surface area contributed by atoms with E-state index >= 15 is 0 Å². The van der Waals surface area contributed by atoms with Crippen LogP contribution in [0.4, 0.5) is 0 Å². The topological polar surface area (TPSA) is 52.6 Å². The number of carbonyl (C=O) groups excluding carboxylic acids is 2. The zero-order chi connectivity index (χ0) is 15.4. The monoisotopic (exact) mass is 296 g/mol. The molecule has 0 aromatic heterocycles. The summed E-state index contributed by atoms with van der Waals surface area (Å²) in [5.41, 5.74) is 2.72. The van der Waals surface area contributed by atoms with E-state index in [0.29, 0.717) is 23.3 Å². The summed E-state index contributed by atoms with van der Waals surface area (Å²) < 4.78 is 9.76. The molecule has 0 unspecified atom stereocenters. The Morgan fingerprint density at radius 1 is 0.909 bits per heavy atom. The van der Waals surface area contributed by atoms with Crippen molar-refractivity contribution in [2.75, 3.05) is 14.2 Å². The molecule has 0 heterocycles. The van der Waals surface area contributed by atoms with E-state index in [1.165, 1.54) is 14.2 Å². The smallest absolute Gasteiger partial charge is 0.339 e. The molecule has 0 spiro atoms. The minimum atomic E-state index is -0.505. The molecule has 0 fully saturated rings. The molecule has 0 aliphatic heterocycles. The highest BCUT2D eigenvalue weighted by Crippen LogP contribution is 2.59. The second-order valence-electron chi connectivity index (χ2n) is 5.95. The van der Waals surface area contributed by atoms with Crippen LogP contribution in [-0.2, 0) is 9.47 Å². The molecule has 0 saturated carbocycles. The maximum absolute atomic E-state index is 12.3. The van der Waals surface area contributed by atoms with Gasteiger partial charge in [-0.3, -0.25) is 0 Å². The van der Waals surface area contributed by atoms with Crippen LogP contribution in [0.5, 0.6) is 0 Å². The van der Waals surface area contributed by atoms with Gasteiger partial charge < -0.3 is 9.47 Å². The SMILES string of the molecule is COC(=O)c1ccc2c(c1C(=O)OC)[C@@H]1C=C[C@H]3C=C[C@H]2[C@@H]31. The molecule has 112 valence electrons. The Balaban J connectivity index is 1.97. The summed E-state index contributed by atoms with van der Waals surface area (Å²) in [6, 6.07) is 3.64. The fraction of sp³-hybridized carbons (Fsp3) is 0.333. The van der Waals surface area contributed by atoms with Crippen molar-refractivity contribution in [1.29, 1.82) is 0 Å². The van der Waals surface area contributed by atoms with Crippen molar-refractivity contribution >= 4 is 11.9 Å². The normalized spacial score (nSPS) is 29.4. The Hall–Kier alpha value is -2.36. The van der Waals surface area contributed by atoms with E-state index in [-0.39, 0.29) is 11.5 Å². The Morgan fingerprint density at radius 3 is 2.27 bits per heavy atom. The standard InChI is InChI=1S/C18H16O4/c1-21-17(19)13-8-7-11-10-5-3-9-4-6-12(14(9)10)15(11)16(13)18(20)22-2/h3-10,12,14H,1-2H3/t9-,10-,12-,14-/m1/s1. The first-order valence-electron chi connectivity index (χ1n) is 7.37. The van der Waals surface area contributed by atoms with Gasteiger partial charge in [-0.05, 0) is 29.0 Å². The van der Waals surface area contributed by atoms with Crippen LogP contribution in [0.2, 0.25) is 0 Å². The number of esters is 2. The van der Waals surface area contributed by atoms with Crippen molar-refractivity contribution in [2.24, 2.45) is 11.8 Å². The Labute approximate surface area is 128 Å². The summed E-state index contributed by atoms with van der Waals surface area (Å²) in [6.07, 6.45) is 8.81. The Bertz CT molecular complexity index is 744. The van der Waals surface area contributed by atoms with Crippen LogP contribution in [0, 0.1) is 11.8 Å². The van der Waals surface area contributed by atoms with Crippen molar-refractivity contribution in [1.82, 2.24) is 0 Å². The molecular weight excluding hydrogens is 280 g/mol. The zero-order valence-electron chi connectivity index (χ0n) is 12.4. The van der Waals surface area contributed by atoms with Crippen LogP contribution in [0.1, 0.15) is 43.7 Å². The summed E-state index contributed by atoms with van der Waals surface area (Å²) in [5.74, 6) is 0.363. The van der Waals surface area contributed by atoms with Crippen molar-refractivity contribution in [2.45, 2.75) is 11.8 Å². The van der Waals surface area contributed by atoms with Crippen molar-refractivity contribution in [3.63, 3.8) is 0 Å². The second kappa shape index (κ2) is 4.57. The van der Waals surface area contributed by atoms with Gasteiger partial charge in [0.15, 0.2) is 0 Å². The van der Waals surface area contributed by atoms with Gasteiger partial charge in [-0.2, -0.15) is 0 Å². The summed E-state index contributed by atoms with van der Waals surface area (Å²) in [4.78, 5) is 24.4. The van der Waals surface area contributed by atoms with E-state index in [4.69, 9.17) is 9.47 Å². The van der Waals surface area contributed by atoms with E-state index in [0.717, 1.165) is 11.1 Å². The van der Waals surface area contributed by atoms with Crippen LogP contribution in [0.15, 0.2) is 36.4 Å². The quantitative estimate of drug-likeness (QED) is 0.622. The lowest BCUT2D eigenvalue weighted by Gasteiger charge is -2.16. The fourth-order valence-electron chi connectivity index (χ4n) is 4.26. The van der Waals surface area contributed by atoms with Gasteiger partial charge in [0.25, 0.3) is 0 Å². The van der Waals surface area contributed by atoms with Gasteiger partial charge in [0.1, 0.15) is 0 Å². The number of methoxy groups -OCH3 is 2. The number of ether oxygens (including phenoxy) is 2. The molecule has 0 radical (unpaired) electrons. The fourth-order valence-corrected chi connectivity index (χ4v) is 4.26. The minimum absolute atomic E-state index is 0.165. The third-order valence-electron chi connectivity index (χ3n) is 5.12. The molecule has 1 aromatic carbocycles. The zero-order valence-corrected chi connectivity index (χ0v) is 12.4. The van der Waals surface area contributed by atoms with Crippen LogP contribution < -0.4 is 0 Å². The van der Waals surface area contributed by atoms with Crippen LogP contribution >= 0.6 is 0 Å². The molecule has 0 bridgehead atoms. The highest BCUT2D eigenvalue weighted by Gasteiger charge is 2.49. The van der Waals surface area contributed by atoms with Gasteiger partial charge in [0.2, 0.25) is 0 Å². The van der Waals surface area contributed by atoms with E-state index in [9.17, 15) is 9.59 Å². The summed E-state index contributed by atoms with van der Waals surface area (Å²) in [5, 5.41) is 0. The van der Waals surface area contributed by atoms with Gasteiger partial charge in [-0.25, -0.2) is 9.59 Å². The molecule has 3 aliphatic rings.